The Hall–Kier alpha value is -0.610. The van der Waals surface area contributed by atoms with Gasteiger partial charge in [-0.2, -0.15) is 0 Å². The number of nitrogens with one attached hydrogen (secondary N) is 1. The molecule has 1 atom stereocenters. The van der Waals surface area contributed by atoms with Gasteiger partial charge in [0.2, 0.25) is 0 Å². The molecule has 1 heterocycles. The van der Waals surface area contributed by atoms with Crippen molar-refractivity contribution in [2.75, 3.05) is 6.54 Å². The Balaban J connectivity index is 1.85. The van der Waals surface area contributed by atoms with E-state index in [0.717, 1.165) is 28.6 Å². The lowest BCUT2D eigenvalue weighted by Gasteiger charge is -2.11. The van der Waals surface area contributed by atoms with Crippen LogP contribution in [0.3, 0.4) is 0 Å². The number of benzene rings is 1. The Bertz CT molecular complexity index is 500. The molecule has 0 saturated carbocycles. The molecule has 1 aromatic carbocycles. The van der Waals surface area contributed by atoms with Gasteiger partial charge in [-0.3, -0.25) is 0 Å². The van der Waals surface area contributed by atoms with E-state index in [4.69, 9.17) is 23.2 Å². The largest absolute Gasteiger partial charge is 0.308 e. The Morgan fingerprint density at radius 3 is 2.89 bits per heavy atom. The van der Waals surface area contributed by atoms with E-state index in [0.29, 0.717) is 5.02 Å². The maximum atomic E-state index is 6.12. The van der Waals surface area contributed by atoms with Crippen LogP contribution >= 0.6 is 34.5 Å². The predicted octanol–water partition coefficient (Wildman–Crippen LogP) is 4.34. The maximum absolute atomic E-state index is 6.12. The van der Waals surface area contributed by atoms with Crippen molar-refractivity contribution in [3.8, 4) is 0 Å². The fourth-order valence-electron chi connectivity index (χ4n) is 1.68. The topological polar surface area (TPSA) is 24.9 Å². The molecular weight excluding hydrogens is 287 g/mol. The molecule has 0 spiro atoms. The number of hydrogen-bond acceptors (Lipinski definition) is 3. The molecule has 0 saturated heterocycles. The highest BCUT2D eigenvalue weighted by atomic mass is 35.5. The molecule has 0 aliphatic rings. The molecule has 0 radical (unpaired) electrons. The minimum atomic E-state index is 0.274. The molecule has 2 nitrogen and oxygen atoms in total. The van der Waals surface area contributed by atoms with E-state index < -0.39 is 0 Å². The van der Waals surface area contributed by atoms with Gasteiger partial charge in [-0.25, -0.2) is 4.98 Å². The van der Waals surface area contributed by atoms with Crippen molar-refractivity contribution in [1.29, 1.82) is 0 Å². The number of nitrogens with zero attached hydrogens (tertiary/aromatic N) is 1. The molecule has 0 bridgehead atoms. The van der Waals surface area contributed by atoms with Crippen LogP contribution in [0.15, 0.2) is 29.8 Å². The number of halogens is 2. The minimum Gasteiger partial charge on any atom is -0.308 e. The lowest BCUT2D eigenvalue weighted by Crippen LogP contribution is -2.21. The van der Waals surface area contributed by atoms with E-state index in [2.05, 4.69) is 17.2 Å². The third kappa shape index (κ3) is 3.69. The molecule has 1 unspecified atom stereocenters. The molecule has 96 valence electrons. The summed E-state index contributed by atoms with van der Waals surface area (Å²) in [5, 5.41) is 7.93. The third-order valence-corrected chi connectivity index (χ3v) is 4.23. The summed E-state index contributed by atoms with van der Waals surface area (Å²) in [6, 6.07) is 5.90. The van der Waals surface area contributed by atoms with Crippen molar-refractivity contribution in [2.24, 2.45) is 0 Å². The average molecular weight is 301 g/mol. The van der Waals surface area contributed by atoms with E-state index in [1.165, 1.54) is 0 Å². The highest BCUT2D eigenvalue weighted by Gasteiger charge is 2.07. The first-order chi connectivity index (χ1) is 8.66. The summed E-state index contributed by atoms with van der Waals surface area (Å²) >= 11 is 13.6. The highest BCUT2D eigenvalue weighted by molar-refractivity contribution is 7.09. The smallest absolute Gasteiger partial charge is 0.109 e. The molecule has 0 amide bonds. The van der Waals surface area contributed by atoms with Gasteiger partial charge in [-0.1, -0.05) is 29.3 Å². The monoisotopic (exact) mass is 300 g/mol. The first-order valence-corrected chi connectivity index (χ1v) is 7.37. The Labute approximate surface area is 121 Å². The van der Waals surface area contributed by atoms with Gasteiger partial charge in [0.15, 0.2) is 0 Å². The van der Waals surface area contributed by atoms with Gasteiger partial charge >= 0.3 is 0 Å². The van der Waals surface area contributed by atoms with E-state index in [1.807, 2.05) is 23.7 Å². The Kier molecular flexibility index (Phi) is 5.01. The quantitative estimate of drug-likeness (QED) is 0.888. The van der Waals surface area contributed by atoms with E-state index in [-0.39, 0.29) is 6.04 Å². The summed E-state index contributed by atoms with van der Waals surface area (Å²) in [7, 11) is 0. The third-order valence-electron chi connectivity index (χ3n) is 2.68. The van der Waals surface area contributed by atoms with Crippen molar-refractivity contribution < 1.29 is 0 Å². The summed E-state index contributed by atoms with van der Waals surface area (Å²) in [4.78, 5) is 4.28. The zero-order valence-electron chi connectivity index (χ0n) is 9.99. The van der Waals surface area contributed by atoms with Crippen molar-refractivity contribution >= 4 is 34.5 Å². The van der Waals surface area contributed by atoms with Crippen LogP contribution in [0, 0.1) is 0 Å². The first-order valence-electron chi connectivity index (χ1n) is 5.73. The Morgan fingerprint density at radius 2 is 2.22 bits per heavy atom. The van der Waals surface area contributed by atoms with Gasteiger partial charge in [-0.05, 0) is 37.6 Å². The van der Waals surface area contributed by atoms with Gasteiger partial charge in [0.25, 0.3) is 0 Å². The molecule has 2 rings (SSSR count). The predicted molar refractivity (Wildman–Crippen MR) is 78.7 cm³/mol. The van der Waals surface area contributed by atoms with Gasteiger partial charge < -0.3 is 5.32 Å². The van der Waals surface area contributed by atoms with Crippen molar-refractivity contribution in [2.45, 2.75) is 19.4 Å². The normalized spacial score (nSPS) is 12.6. The van der Waals surface area contributed by atoms with Gasteiger partial charge in [0.05, 0.1) is 6.04 Å². The first kappa shape index (κ1) is 13.8. The molecule has 0 fully saturated rings. The average Bonchev–Trinajstić information content (AvgIpc) is 2.85. The number of aromatic nitrogens is 1. The van der Waals surface area contributed by atoms with Crippen LogP contribution in [0.2, 0.25) is 10.0 Å². The SMILES string of the molecule is CC(NCCc1ccc(Cl)cc1Cl)c1nccs1. The van der Waals surface area contributed by atoms with E-state index in [1.54, 1.807) is 17.4 Å². The van der Waals surface area contributed by atoms with E-state index >= 15 is 0 Å². The lowest BCUT2D eigenvalue weighted by molar-refractivity contribution is 0.574. The molecule has 1 N–H and O–H groups in total. The van der Waals surface area contributed by atoms with Crippen LogP contribution in [0.1, 0.15) is 23.5 Å². The molecule has 18 heavy (non-hydrogen) atoms. The second-order valence-corrected chi connectivity index (χ2v) is 5.80. The lowest BCUT2D eigenvalue weighted by atomic mass is 10.1. The van der Waals surface area contributed by atoms with Crippen LogP contribution in [0.25, 0.3) is 0 Å². The zero-order chi connectivity index (χ0) is 13.0. The molecule has 2 aromatic rings. The van der Waals surface area contributed by atoms with E-state index in [9.17, 15) is 0 Å². The summed E-state index contributed by atoms with van der Waals surface area (Å²) < 4.78 is 0. The second kappa shape index (κ2) is 6.53. The van der Waals surface area contributed by atoms with Crippen molar-refractivity contribution in [3.63, 3.8) is 0 Å². The molecular formula is C13H14Cl2N2S. The second-order valence-electron chi connectivity index (χ2n) is 4.03. The van der Waals surface area contributed by atoms with Gasteiger partial charge in [-0.15, -0.1) is 11.3 Å². The van der Waals surface area contributed by atoms with Crippen LogP contribution in [-0.4, -0.2) is 11.5 Å². The maximum Gasteiger partial charge on any atom is 0.109 e. The minimum absolute atomic E-state index is 0.274. The summed E-state index contributed by atoms with van der Waals surface area (Å²) in [5.74, 6) is 0. The standard InChI is InChI=1S/C13H14Cl2N2S/c1-9(13-17-6-7-18-13)16-5-4-10-2-3-11(14)8-12(10)15/h2-3,6-9,16H,4-5H2,1H3. The van der Waals surface area contributed by atoms with Crippen LogP contribution in [-0.2, 0) is 6.42 Å². The van der Waals surface area contributed by atoms with Crippen molar-refractivity contribution in [1.82, 2.24) is 10.3 Å². The fraction of sp³-hybridized carbons (Fsp3) is 0.308. The Morgan fingerprint density at radius 1 is 1.39 bits per heavy atom. The highest BCUT2D eigenvalue weighted by Crippen LogP contribution is 2.21. The molecule has 5 heteroatoms. The van der Waals surface area contributed by atoms with Crippen LogP contribution in [0.4, 0.5) is 0 Å². The summed E-state index contributed by atoms with van der Waals surface area (Å²) in [5.41, 5.74) is 1.11. The van der Waals surface area contributed by atoms with Gasteiger partial charge in [0.1, 0.15) is 5.01 Å². The fourth-order valence-corrected chi connectivity index (χ4v) is 2.86. The molecule has 1 aromatic heterocycles. The van der Waals surface area contributed by atoms with Crippen LogP contribution in [0.5, 0.6) is 0 Å². The van der Waals surface area contributed by atoms with Crippen molar-refractivity contribution in [3.05, 3.63) is 50.4 Å². The molecule has 0 aliphatic heterocycles. The number of hydrogen-bond donors (Lipinski definition) is 1. The summed E-state index contributed by atoms with van der Waals surface area (Å²) in [6.45, 7) is 2.98. The number of thiazole rings is 1. The van der Waals surface area contributed by atoms with Gasteiger partial charge in [0, 0.05) is 21.6 Å². The zero-order valence-corrected chi connectivity index (χ0v) is 12.3. The van der Waals surface area contributed by atoms with Crippen LogP contribution < -0.4 is 5.32 Å². The molecule has 0 aliphatic carbocycles. The summed E-state index contributed by atoms with van der Waals surface area (Å²) in [6.07, 6.45) is 2.71. The number of rotatable bonds is 5.